The van der Waals surface area contributed by atoms with Crippen LogP contribution in [0.5, 0.6) is 0 Å². The summed E-state index contributed by atoms with van der Waals surface area (Å²) in [7, 11) is 0. The maximum atomic E-state index is 2.54. The summed E-state index contributed by atoms with van der Waals surface area (Å²) in [6, 6.07) is 77.6. The van der Waals surface area contributed by atoms with E-state index in [2.05, 4.69) is 256 Å². The number of hydrogen-bond donors (Lipinski definition) is 0. The molecule has 7 atom stereocenters. The van der Waals surface area contributed by atoms with Crippen LogP contribution in [0.1, 0.15) is 238 Å². The van der Waals surface area contributed by atoms with Crippen LogP contribution in [0.2, 0.25) is 0 Å². The van der Waals surface area contributed by atoms with Crippen molar-refractivity contribution in [2.45, 2.75) is 200 Å². The summed E-state index contributed by atoms with van der Waals surface area (Å²) in [5, 5.41) is 0. The number of aryl methyl sites for hydroxylation is 5. The Labute approximate surface area is 480 Å². The zero-order chi connectivity index (χ0) is 55.5. The van der Waals surface area contributed by atoms with Gasteiger partial charge < -0.3 is 0 Å². The predicted octanol–water partition coefficient (Wildman–Crippen LogP) is 21.8. The first-order valence-electron chi connectivity index (χ1n) is 31.4. The van der Waals surface area contributed by atoms with Gasteiger partial charge in [-0.1, -0.05) is 263 Å². The maximum Gasteiger partial charge on any atom is 0.00867 e. The van der Waals surface area contributed by atoms with Crippen LogP contribution in [0.15, 0.2) is 194 Å². The lowest BCUT2D eigenvalue weighted by Crippen LogP contribution is -2.17. The van der Waals surface area contributed by atoms with E-state index in [4.69, 9.17) is 0 Å². The minimum absolute atomic E-state index is 0.306. The summed E-state index contributed by atoms with van der Waals surface area (Å²) >= 11 is 0. The van der Waals surface area contributed by atoms with E-state index in [-0.39, 0.29) is 0 Å². The molecule has 8 rings (SSSR count). The summed E-state index contributed by atoms with van der Waals surface area (Å²) in [6.45, 7) is 20.8. The number of benzene rings is 8. The van der Waals surface area contributed by atoms with E-state index in [9.17, 15) is 0 Å². The van der Waals surface area contributed by atoms with Crippen molar-refractivity contribution >= 4 is 0 Å². The maximum absolute atomic E-state index is 2.54. The zero-order valence-corrected chi connectivity index (χ0v) is 50.1. The van der Waals surface area contributed by atoms with Crippen molar-refractivity contribution in [3.8, 4) is 0 Å². The topological polar surface area (TPSA) is 0 Å². The molecule has 8 aromatic rings. The molecule has 8 aromatic carbocycles. The highest BCUT2D eigenvalue weighted by molar-refractivity contribution is 5.41. The molecule has 79 heavy (non-hydrogen) atoms. The average Bonchev–Trinajstić information content (AvgIpc) is 3.54. The van der Waals surface area contributed by atoms with Crippen LogP contribution in [0, 0.1) is 0 Å². The molecular formula is C79H96. The highest BCUT2D eigenvalue weighted by atomic mass is 14.3. The molecule has 0 heteroatoms. The van der Waals surface area contributed by atoms with Crippen molar-refractivity contribution in [3.63, 3.8) is 0 Å². The third-order valence-electron chi connectivity index (χ3n) is 18.5. The van der Waals surface area contributed by atoms with Gasteiger partial charge in [0.15, 0.2) is 0 Å². The molecule has 0 saturated carbocycles. The van der Waals surface area contributed by atoms with Gasteiger partial charge in [-0.05, 0) is 214 Å². The minimum atomic E-state index is 0.306. The molecule has 0 bridgehead atoms. The van der Waals surface area contributed by atoms with Crippen molar-refractivity contribution in [2.75, 3.05) is 0 Å². The fraction of sp³-hybridized carbons (Fsp3) is 0.392. The molecule has 7 unspecified atom stereocenters. The van der Waals surface area contributed by atoms with E-state index in [1.165, 1.54) is 89.0 Å². The van der Waals surface area contributed by atoms with Crippen LogP contribution in [0.3, 0.4) is 0 Å². The van der Waals surface area contributed by atoms with E-state index in [0.29, 0.717) is 41.4 Å². The van der Waals surface area contributed by atoms with Gasteiger partial charge in [0, 0.05) is 5.92 Å². The van der Waals surface area contributed by atoms with Gasteiger partial charge in [0.25, 0.3) is 0 Å². The van der Waals surface area contributed by atoms with E-state index in [0.717, 1.165) is 96.3 Å². The van der Waals surface area contributed by atoms with Gasteiger partial charge in [0.2, 0.25) is 0 Å². The second-order valence-electron chi connectivity index (χ2n) is 23.3. The highest BCUT2D eigenvalue weighted by Gasteiger charge is 2.29. The normalized spacial score (nSPS) is 14.3. The van der Waals surface area contributed by atoms with Crippen LogP contribution in [0.4, 0.5) is 0 Å². The number of rotatable bonds is 29. The standard InChI is InChI=1S/C79H96/c1-10-19-76(71-42-30-61(15-6)31-43-71)78(73-44-32-62(33-45-73)54-66(17-8)68-38-26-59(13-4)27-39-68)56-64-34-46-74(47-35-64)79(55-63-22-20-57(11-2)21-23-63)77(53-52-65(16-7)67-36-24-58(12-3)25-37-67)72-50-48-70(49-51-72)75(18-9)69-40-28-60(14-5)29-41-69/h20-51,65-66,75-79H,10-19,52-56H2,1-9H3. The largest absolute Gasteiger partial charge is 0.0654 e. The minimum Gasteiger partial charge on any atom is -0.0654 e. The van der Waals surface area contributed by atoms with Gasteiger partial charge in [-0.15, -0.1) is 0 Å². The summed E-state index contributed by atoms with van der Waals surface area (Å²) in [6.07, 6.45) is 16.4. The van der Waals surface area contributed by atoms with E-state index < -0.39 is 0 Å². The smallest absolute Gasteiger partial charge is 0.00867 e. The summed E-state index contributed by atoms with van der Waals surface area (Å²) in [5.74, 6) is 2.83. The molecule has 0 nitrogen and oxygen atoms in total. The van der Waals surface area contributed by atoms with E-state index in [1.807, 2.05) is 0 Å². The number of hydrogen-bond acceptors (Lipinski definition) is 0. The molecule has 0 N–H and O–H groups in total. The first-order valence-corrected chi connectivity index (χ1v) is 31.4. The first-order chi connectivity index (χ1) is 38.7. The van der Waals surface area contributed by atoms with Crippen LogP contribution >= 0.6 is 0 Å². The lowest BCUT2D eigenvalue weighted by molar-refractivity contribution is 0.453. The van der Waals surface area contributed by atoms with Gasteiger partial charge in [0.05, 0.1) is 0 Å². The highest BCUT2D eigenvalue weighted by Crippen LogP contribution is 2.44. The summed E-state index contributed by atoms with van der Waals surface area (Å²) < 4.78 is 0. The third-order valence-corrected chi connectivity index (χ3v) is 18.5. The third kappa shape index (κ3) is 15.6. The van der Waals surface area contributed by atoms with Crippen molar-refractivity contribution in [3.05, 3.63) is 283 Å². The Hall–Kier alpha value is -6.24. The molecule has 0 aliphatic rings. The molecule has 0 spiro atoms. The Morgan fingerprint density at radius 3 is 0.835 bits per heavy atom. The Morgan fingerprint density at radius 1 is 0.215 bits per heavy atom. The predicted molar refractivity (Wildman–Crippen MR) is 343 cm³/mol. The summed E-state index contributed by atoms with van der Waals surface area (Å²) in [4.78, 5) is 0. The molecule has 0 amide bonds. The van der Waals surface area contributed by atoms with E-state index in [1.54, 1.807) is 0 Å². The molecule has 412 valence electrons. The van der Waals surface area contributed by atoms with Crippen molar-refractivity contribution in [1.82, 2.24) is 0 Å². The van der Waals surface area contributed by atoms with Crippen molar-refractivity contribution in [1.29, 1.82) is 0 Å². The lowest BCUT2D eigenvalue weighted by Gasteiger charge is -2.31. The Morgan fingerprint density at radius 2 is 0.481 bits per heavy atom. The monoisotopic (exact) mass is 1040 g/mol. The van der Waals surface area contributed by atoms with Gasteiger partial charge in [-0.25, -0.2) is 0 Å². The quantitative estimate of drug-likeness (QED) is 0.0438. The van der Waals surface area contributed by atoms with E-state index >= 15 is 0 Å². The molecule has 0 aliphatic carbocycles. The van der Waals surface area contributed by atoms with Crippen LogP contribution < -0.4 is 0 Å². The molecule has 0 heterocycles. The second kappa shape index (κ2) is 29.8. The van der Waals surface area contributed by atoms with Gasteiger partial charge in [-0.3, -0.25) is 0 Å². The van der Waals surface area contributed by atoms with Crippen LogP contribution in [-0.4, -0.2) is 0 Å². The van der Waals surface area contributed by atoms with Gasteiger partial charge >= 0.3 is 0 Å². The second-order valence-corrected chi connectivity index (χ2v) is 23.3. The molecule has 0 radical (unpaired) electrons. The Bertz CT molecular complexity index is 2970. The SMILES string of the molecule is CCCC(c1ccc(CC)cc1)C(Cc1ccc(C(Cc2ccc(CC)cc2)C(CCC(CC)c2ccc(CC)cc2)c2ccc(C(CC)c3ccc(CC)cc3)cc2)cc1)c1ccc(CC(CC)c2ccc(CC)cc2)cc1. The van der Waals surface area contributed by atoms with Crippen molar-refractivity contribution in [2.24, 2.45) is 0 Å². The Balaban J connectivity index is 1.16. The molecule has 0 fully saturated rings. The van der Waals surface area contributed by atoms with Gasteiger partial charge in [-0.2, -0.15) is 0 Å². The molecule has 0 aliphatic heterocycles. The van der Waals surface area contributed by atoms with Crippen LogP contribution in [0.25, 0.3) is 0 Å². The van der Waals surface area contributed by atoms with Crippen LogP contribution in [-0.2, 0) is 51.4 Å². The fourth-order valence-electron chi connectivity index (χ4n) is 13.2. The molecular weight excluding hydrogens is 949 g/mol. The fourth-order valence-corrected chi connectivity index (χ4v) is 13.2. The summed E-state index contributed by atoms with van der Waals surface area (Å²) in [5.41, 5.74) is 23.0. The lowest BCUT2D eigenvalue weighted by atomic mass is 9.73. The van der Waals surface area contributed by atoms with Crippen molar-refractivity contribution < 1.29 is 0 Å². The first kappa shape index (κ1) is 58.9. The molecule has 0 saturated heterocycles. The zero-order valence-electron chi connectivity index (χ0n) is 50.1. The van der Waals surface area contributed by atoms with Gasteiger partial charge in [0.1, 0.15) is 0 Å². The average molecular weight is 1050 g/mol. The Kier molecular flexibility index (Phi) is 22.2. The molecule has 0 aromatic heterocycles.